The molecule has 24 heavy (non-hydrogen) atoms. The lowest BCUT2D eigenvalue weighted by molar-refractivity contribution is -0.758. The minimum absolute atomic E-state index is 0.320. The van der Waals surface area contributed by atoms with Crippen molar-refractivity contribution in [2.45, 2.75) is 79.1 Å². The third-order valence-electron chi connectivity index (χ3n) is 2.88. The van der Waals surface area contributed by atoms with Crippen LogP contribution >= 0.6 is 0 Å². The first kappa shape index (κ1) is 20.1. The van der Waals surface area contributed by atoms with Gasteiger partial charge in [-0.15, -0.1) is 0 Å². The predicted octanol–water partition coefficient (Wildman–Crippen LogP) is 3.64. The molecular weight excluding hydrogens is 306 g/mol. The molecule has 1 rings (SSSR count). The van der Waals surface area contributed by atoms with Gasteiger partial charge in [0.1, 0.15) is 11.2 Å². The Hall–Kier alpha value is -1.91. The van der Waals surface area contributed by atoms with Crippen LogP contribution in [0.2, 0.25) is 0 Å². The highest BCUT2D eigenvalue weighted by Crippen LogP contribution is 2.17. The molecule has 1 aromatic heterocycles. The Morgan fingerprint density at radius 3 is 1.33 bits per heavy atom. The molecule has 0 radical (unpaired) electrons. The summed E-state index contributed by atoms with van der Waals surface area (Å²) in [4.78, 5) is 25.2. The molecule has 0 N–H and O–H groups in total. The zero-order valence-corrected chi connectivity index (χ0v) is 16.3. The lowest BCUT2D eigenvalue weighted by Crippen LogP contribution is -2.59. The normalized spacial score (nSPS) is 12.7. The monoisotopic (exact) mass is 336 g/mol. The van der Waals surface area contributed by atoms with E-state index < -0.39 is 28.7 Å². The summed E-state index contributed by atoms with van der Waals surface area (Å²) < 4.78 is 12.6. The van der Waals surface area contributed by atoms with E-state index >= 15 is 0 Å². The van der Waals surface area contributed by atoms with Crippen molar-refractivity contribution >= 4 is 11.9 Å². The molecule has 0 saturated heterocycles. The van der Waals surface area contributed by atoms with Crippen LogP contribution in [-0.2, 0) is 15.0 Å². The number of hydrogen-bond donors (Lipinski definition) is 0. The highest BCUT2D eigenvalue weighted by Gasteiger charge is 2.38. The highest BCUT2D eigenvalue weighted by atomic mass is 16.6. The summed E-state index contributed by atoms with van der Waals surface area (Å²) in [6, 6.07) is 4.99. The first-order chi connectivity index (χ1) is 10.6. The Labute approximate surface area is 145 Å². The van der Waals surface area contributed by atoms with E-state index in [0.717, 1.165) is 0 Å². The second kappa shape index (κ2) is 6.54. The number of carbonyl (C=O) groups is 2. The van der Waals surface area contributed by atoms with E-state index in [1.807, 2.05) is 62.3 Å². The van der Waals surface area contributed by atoms with Crippen molar-refractivity contribution in [3.63, 3.8) is 0 Å². The third kappa shape index (κ3) is 5.62. The number of pyridine rings is 1. The van der Waals surface area contributed by atoms with Crippen molar-refractivity contribution in [2.24, 2.45) is 0 Å². The van der Waals surface area contributed by atoms with Gasteiger partial charge in [0.15, 0.2) is 5.54 Å². The van der Waals surface area contributed by atoms with E-state index in [1.165, 1.54) is 0 Å². The Bertz CT molecular complexity index is 582. The van der Waals surface area contributed by atoms with Gasteiger partial charge in [0.25, 0.3) is 11.4 Å². The molecule has 0 spiro atoms. The molecule has 0 aliphatic rings. The SMILES string of the molecule is CC(C)(C)OC(=O)c1cccc(C(=O)OC(C)(C)C)[n+]1C(C)(C)C. The van der Waals surface area contributed by atoms with Gasteiger partial charge in [0.2, 0.25) is 0 Å². The van der Waals surface area contributed by atoms with Gasteiger partial charge in [0.05, 0.1) is 0 Å². The van der Waals surface area contributed by atoms with Gasteiger partial charge in [-0.2, -0.15) is 4.57 Å². The van der Waals surface area contributed by atoms with Crippen molar-refractivity contribution in [1.82, 2.24) is 0 Å². The van der Waals surface area contributed by atoms with Gasteiger partial charge < -0.3 is 9.47 Å². The fraction of sp³-hybridized carbons (Fsp3) is 0.632. The molecule has 1 heterocycles. The quantitative estimate of drug-likeness (QED) is 0.611. The smallest absolute Gasteiger partial charge is 0.404 e. The second-order valence-corrected chi connectivity index (χ2v) is 8.81. The minimum Gasteiger partial charge on any atom is -0.452 e. The van der Waals surface area contributed by atoms with Gasteiger partial charge in [0, 0.05) is 32.9 Å². The zero-order valence-electron chi connectivity index (χ0n) is 16.3. The van der Waals surface area contributed by atoms with Crippen LogP contribution in [0.3, 0.4) is 0 Å². The maximum Gasteiger partial charge on any atom is 0.404 e. The Morgan fingerprint density at radius 2 is 1.08 bits per heavy atom. The number of esters is 2. The van der Waals surface area contributed by atoms with Gasteiger partial charge in [-0.3, -0.25) is 0 Å². The molecule has 134 valence electrons. The number of hydrogen-bond acceptors (Lipinski definition) is 4. The summed E-state index contributed by atoms with van der Waals surface area (Å²) in [5.41, 5.74) is -1.09. The number of nitrogens with zero attached hydrogens (tertiary/aromatic N) is 1. The number of aromatic nitrogens is 1. The Kier molecular flexibility index (Phi) is 5.48. The topological polar surface area (TPSA) is 56.5 Å². The van der Waals surface area contributed by atoms with Crippen LogP contribution in [0, 0.1) is 0 Å². The van der Waals surface area contributed by atoms with Crippen LogP contribution in [0.1, 0.15) is 83.3 Å². The summed E-state index contributed by atoms with van der Waals surface area (Å²) >= 11 is 0. The number of rotatable bonds is 2. The fourth-order valence-corrected chi connectivity index (χ4v) is 2.21. The maximum atomic E-state index is 12.6. The van der Waals surface area contributed by atoms with Crippen molar-refractivity contribution in [1.29, 1.82) is 0 Å². The fourth-order valence-electron chi connectivity index (χ4n) is 2.21. The van der Waals surface area contributed by atoms with Crippen LogP contribution in [-0.4, -0.2) is 23.1 Å². The lowest BCUT2D eigenvalue weighted by Gasteiger charge is -2.23. The highest BCUT2D eigenvalue weighted by molar-refractivity contribution is 5.89. The minimum atomic E-state index is -0.616. The van der Waals surface area contributed by atoms with Crippen LogP contribution in [0.25, 0.3) is 0 Å². The van der Waals surface area contributed by atoms with Crippen LogP contribution in [0.15, 0.2) is 18.2 Å². The van der Waals surface area contributed by atoms with Gasteiger partial charge >= 0.3 is 11.9 Å². The van der Waals surface area contributed by atoms with Crippen LogP contribution in [0.4, 0.5) is 0 Å². The molecule has 0 saturated carbocycles. The predicted molar refractivity (Wildman–Crippen MR) is 92.0 cm³/mol. The first-order valence-corrected chi connectivity index (χ1v) is 8.14. The second-order valence-electron chi connectivity index (χ2n) is 8.81. The molecule has 0 aromatic carbocycles. The van der Waals surface area contributed by atoms with E-state index in [2.05, 4.69) is 0 Å². The standard InChI is InChI=1S/C19H30NO4/c1-17(2,3)20-13(15(21)23-18(4,5)6)11-10-12-14(20)16(22)24-19(7,8)9/h10-12H,1-9H3/q+1. The molecule has 0 amide bonds. The molecule has 0 bridgehead atoms. The van der Waals surface area contributed by atoms with E-state index in [1.54, 1.807) is 22.8 Å². The average Bonchev–Trinajstić information content (AvgIpc) is 2.32. The van der Waals surface area contributed by atoms with Crippen molar-refractivity contribution in [3.8, 4) is 0 Å². The molecule has 0 aliphatic heterocycles. The molecule has 0 atom stereocenters. The van der Waals surface area contributed by atoms with E-state index in [4.69, 9.17) is 9.47 Å². The number of carbonyl (C=O) groups excluding carboxylic acids is 2. The molecular formula is C19H30NO4+. The van der Waals surface area contributed by atoms with Gasteiger partial charge in [-0.25, -0.2) is 9.59 Å². The molecule has 0 unspecified atom stereocenters. The summed E-state index contributed by atoms with van der Waals surface area (Å²) in [5, 5.41) is 0. The summed E-state index contributed by atoms with van der Waals surface area (Å²) in [6.07, 6.45) is 0. The summed E-state index contributed by atoms with van der Waals surface area (Å²) in [5.74, 6) is -0.939. The summed E-state index contributed by atoms with van der Waals surface area (Å²) in [7, 11) is 0. The third-order valence-corrected chi connectivity index (χ3v) is 2.88. The van der Waals surface area contributed by atoms with Crippen molar-refractivity contribution < 1.29 is 23.6 Å². The molecule has 1 aromatic rings. The Balaban J connectivity index is 3.45. The molecule has 5 heteroatoms. The average molecular weight is 336 g/mol. The van der Waals surface area contributed by atoms with Crippen LogP contribution < -0.4 is 4.57 Å². The van der Waals surface area contributed by atoms with Crippen molar-refractivity contribution in [3.05, 3.63) is 29.6 Å². The van der Waals surface area contributed by atoms with Gasteiger partial charge in [-0.1, -0.05) is 0 Å². The largest absolute Gasteiger partial charge is 0.452 e. The lowest BCUT2D eigenvalue weighted by atomic mass is 10.1. The number of ether oxygens (including phenoxy) is 2. The van der Waals surface area contributed by atoms with Gasteiger partial charge in [-0.05, 0) is 47.6 Å². The molecule has 0 aliphatic carbocycles. The first-order valence-electron chi connectivity index (χ1n) is 8.14. The van der Waals surface area contributed by atoms with E-state index in [0.29, 0.717) is 11.4 Å². The Morgan fingerprint density at radius 1 is 0.750 bits per heavy atom. The van der Waals surface area contributed by atoms with Crippen molar-refractivity contribution in [2.75, 3.05) is 0 Å². The maximum absolute atomic E-state index is 12.6. The van der Waals surface area contributed by atoms with Crippen LogP contribution in [0.5, 0.6) is 0 Å². The summed E-state index contributed by atoms with van der Waals surface area (Å²) in [6.45, 7) is 16.6. The molecule has 0 fully saturated rings. The molecule has 5 nitrogen and oxygen atoms in total. The zero-order chi connectivity index (χ0) is 18.9. The van der Waals surface area contributed by atoms with E-state index in [9.17, 15) is 9.59 Å². The van der Waals surface area contributed by atoms with E-state index in [-0.39, 0.29) is 0 Å².